The average molecular weight is 689 g/mol. The first-order valence-electron chi connectivity index (χ1n) is 16.1. The number of nitrogens with zero attached hydrogens (tertiary/aromatic N) is 5. The smallest absolute Gasteiger partial charge is 0.337 e. The summed E-state index contributed by atoms with van der Waals surface area (Å²) in [6.45, 7) is 11.3. The Labute approximate surface area is 290 Å². The Kier molecular flexibility index (Phi) is 9.29. The van der Waals surface area contributed by atoms with Crippen LogP contribution in [0.2, 0.25) is 10.0 Å². The van der Waals surface area contributed by atoms with E-state index in [1.165, 1.54) is 12.3 Å². The molecule has 48 heavy (non-hydrogen) atoms. The number of aromatic carboxylic acids is 1. The molecule has 1 amide bonds. The van der Waals surface area contributed by atoms with Crippen molar-refractivity contribution in [1.82, 2.24) is 24.2 Å². The molecule has 2 aromatic carbocycles. The van der Waals surface area contributed by atoms with E-state index in [1.54, 1.807) is 6.07 Å². The fourth-order valence-corrected chi connectivity index (χ4v) is 7.23. The maximum absolute atomic E-state index is 14.7. The predicted octanol–water partition coefficient (Wildman–Crippen LogP) is 8.12. The fourth-order valence-electron chi connectivity index (χ4n) is 6.87. The molecular formula is C37H39Cl2N5O4. The lowest BCUT2D eigenvalue weighted by atomic mass is 9.98. The zero-order valence-electron chi connectivity index (χ0n) is 28.0. The van der Waals surface area contributed by atoms with Gasteiger partial charge in [0.25, 0.3) is 5.91 Å². The number of pyridine rings is 1. The maximum atomic E-state index is 14.7. The summed E-state index contributed by atoms with van der Waals surface area (Å²) in [5.41, 5.74) is 8.90. The number of benzene rings is 2. The quantitative estimate of drug-likeness (QED) is 0.157. The molecule has 5 aromatic rings. The Bertz CT molecular complexity index is 2040. The lowest BCUT2D eigenvalue weighted by Crippen LogP contribution is -2.37. The van der Waals surface area contributed by atoms with Crippen molar-refractivity contribution >= 4 is 46.0 Å². The number of fused-ring (bicyclic) bond motifs is 3. The number of rotatable bonds is 9. The predicted molar refractivity (Wildman–Crippen MR) is 189 cm³/mol. The molecule has 0 saturated heterocycles. The molecule has 9 nitrogen and oxygen atoms in total. The molecule has 1 atom stereocenters. The number of halogens is 2. The summed E-state index contributed by atoms with van der Waals surface area (Å²) < 4.78 is 10.2. The number of carboxylic acids is 1. The average Bonchev–Trinajstić information content (AvgIpc) is 3.45. The zero-order chi connectivity index (χ0) is 34.4. The van der Waals surface area contributed by atoms with E-state index in [0.29, 0.717) is 48.8 Å². The van der Waals surface area contributed by atoms with Crippen molar-refractivity contribution in [3.05, 3.63) is 97.7 Å². The first kappa shape index (κ1) is 33.6. The number of aromatic nitrogens is 4. The van der Waals surface area contributed by atoms with Crippen LogP contribution in [-0.2, 0) is 26.6 Å². The van der Waals surface area contributed by atoms with Crippen LogP contribution in [0.3, 0.4) is 0 Å². The number of ether oxygens (including phenoxy) is 1. The highest BCUT2D eigenvalue weighted by Crippen LogP contribution is 2.43. The summed E-state index contributed by atoms with van der Waals surface area (Å²) in [5, 5.41) is 16.4. The lowest BCUT2D eigenvalue weighted by molar-refractivity contribution is 0.0668. The Balaban J connectivity index is 1.44. The summed E-state index contributed by atoms with van der Waals surface area (Å²) in [7, 11) is 1.92. The minimum absolute atomic E-state index is 0.0922. The Morgan fingerprint density at radius 3 is 2.42 bits per heavy atom. The van der Waals surface area contributed by atoms with E-state index in [2.05, 4.69) is 14.6 Å². The monoisotopic (exact) mass is 687 g/mol. The maximum Gasteiger partial charge on any atom is 0.337 e. The topological polar surface area (TPSA) is 102 Å². The molecule has 0 spiro atoms. The summed E-state index contributed by atoms with van der Waals surface area (Å²) in [6, 6.07) is 10.9. The highest BCUT2D eigenvalue weighted by Gasteiger charge is 2.34. The molecule has 11 heteroatoms. The molecule has 3 aromatic heterocycles. The Morgan fingerprint density at radius 2 is 1.79 bits per heavy atom. The number of hydrogen-bond donors (Lipinski definition) is 1. The summed E-state index contributed by atoms with van der Waals surface area (Å²) >= 11 is 13.4. The second kappa shape index (κ2) is 13.3. The third-order valence-electron chi connectivity index (χ3n) is 9.46. The summed E-state index contributed by atoms with van der Waals surface area (Å²) in [6.07, 6.45) is 3.33. The first-order valence-corrected chi connectivity index (χ1v) is 16.9. The van der Waals surface area contributed by atoms with E-state index in [0.717, 1.165) is 60.9 Å². The van der Waals surface area contributed by atoms with Crippen LogP contribution in [0.15, 0.2) is 42.6 Å². The largest absolute Gasteiger partial charge is 0.494 e. The van der Waals surface area contributed by atoms with Gasteiger partial charge >= 0.3 is 5.97 Å². The van der Waals surface area contributed by atoms with Gasteiger partial charge in [0.2, 0.25) is 0 Å². The van der Waals surface area contributed by atoms with E-state index in [1.807, 2.05) is 75.5 Å². The van der Waals surface area contributed by atoms with Crippen molar-refractivity contribution < 1.29 is 19.4 Å². The number of carbonyl (C=O) groups is 2. The fraction of sp³-hybridized carbons (Fsp3) is 0.351. The number of aryl methyl sites for hydroxylation is 6. The van der Waals surface area contributed by atoms with E-state index >= 15 is 0 Å². The normalized spacial score (nSPS) is 14.8. The molecule has 0 aliphatic carbocycles. The molecule has 1 N–H and O–H groups in total. The molecule has 6 rings (SSSR count). The minimum atomic E-state index is -1.04. The van der Waals surface area contributed by atoms with E-state index < -0.39 is 5.97 Å². The molecule has 0 saturated carbocycles. The van der Waals surface area contributed by atoms with E-state index in [4.69, 9.17) is 27.9 Å². The number of carboxylic acid groups (broad SMARTS) is 1. The molecule has 1 aliphatic heterocycles. The van der Waals surface area contributed by atoms with Gasteiger partial charge < -0.3 is 19.3 Å². The van der Waals surface area contributed by atoms with Crippen LogP contribution in [0.25, 0.3) is 22.0 Å². The number of amides is 1. The van der Waals surface area contributed by atoms with Crippen LogP contribution in [0, 0.1) is 27.7 Å². The summed E-state index contributed by atoms with van der Waals surface area (Å²) in [4.78, 5) is 32.4. The van der Waals surface area contributed by atoms with E-state index in [-0.39, 0.29) is 24.1 Å². The first-order chi connectivity index (χ1) is 22.9. The molecular weight excluding hydrogens is 649 g/mol. The van der Waals surface area contributed by atoms with Crippen LogP contribution in [0.1, 0.15) is 74.4 Å². The second-order valence-corrected chi connectivity index (χ2v) is 13.5. The van der Waals surface area contributed by atoms with Crippen LogP contribution in [0.5, 0.6) is 5.75 Å². The van der Waals surface area contributed by atoms with Crippen molar-refractivity contribution in [2.45, 2.75) is 73.0 Å². The van der Waals surface area contributed by atoms with Gasteiger partial charge in [0.15, 0.2) is 0 Å². The molecule has 0 radical (unpaired) electrons. The van der Waals surface area contributed by atoms with Gasteiger partial charge in [0, 0.05) is 53.1 Å². The highest BCUT2D eigenvalue weighted by atomic mass is 35.5. The van der Waals surface area contributed by atoms with Crippen molar-refractivity contribution in [3.8, 4) is 16.9 Å². The minimum Gasteiger partial charge on any atom is -0.494 e. The Morgan fingerprint density at radius 1 is 1.06 bits per heavy atom. The van der Waals surface area contributed by atoms with Gasteiger partial charge in [0.1, 0.15) is 11.4 Å². The summed E-state index contributed by atoms with van der Waals surface area (Å²) in [5.74, 6) is -0.368. The molecule has 1 aliphatic rings. The van der Waals surface area contributed by atoms with Crippen molar-refractivity contribution in [2.75, 3.05) is 6.61 Å². The molecule has 4 heterocycles. The third kappa shape index (κ3) is 6.05. The van der Waals surface area contributed by atoms with Crippen LogP contribution in [-0.4, -0.2) is 53.9 Å². The lowest BCUT2D eigenvalue weighted by Gasteiger charge is -2.27. The van der Waals surface area contributed by atoms with Gasteiger partial charge in [-0.05, 0) is 101 Å². The third-order valence-corrected chi connectivity index (χ3v) is 10.4. The SMILES string of the molecule is Cc1cc(OCCCc2c3n(c4c(-c5c(C)nn(C)c5C)c(Cl)ccc24)CCC(C)N(Cc2ccc(C(=O)O)cn2)C3=O)cc(C)c1Cl. The van der Waals surface area contributed by atoms with Crippen LogP contribution < -0.4 is 4.74 Å². The van der Waals surface area contributed by atoms with Gasteiger partial charge in [-0.15, -0.1) is 0 Å². The van der Waals surface area contributed by atoms with Gasteiger partial charge in [-0.25, -0.2) is 4.79 Å². The van der Waals surface area contributed by atoms with E-state index in [9.17, 15) is 14.7 Å². The second-order valence-electron chi connectivity index (χ2n) is 12.7. The molecule has 0 bridgehead atoms. The number of hydrogen-bond acceptors (Lipinski definition) is 5. The highest BCUT2D eigenvalue weighted by molar-refractivity contribution is 6.35. The molecule has 1 unspecified atom stereocenters. The van der Waals surface area contributed by atoms with Crippen molar-refractivity contribution in [2.24, 2.45) is 7.05 Å². The standard InChI is InChI=1S/C37H39Cl2N5O4/c1-20-16-27(17-21(2)33(20)39)48-15-7-8-28-29-11-12-30(38)32(31-23(4)41-42(6)24(31)5)34(29)43-14-13-22(3)44(36(45)35(28)43)19-26-10-9-25(18-40-26)37(46)47/h9-12,16-18,22H,7-8,13-15,19H2,1-6H3,(H,46,47). The van der Waals surface area contributed by atoms with Gasteiger partial charge in [0.05, 0.1) is 40.6 Å². The van der Waals surface area contributed by atoms with Crippen LogP contribution in [0.4, 0.5) is 0 Å². The molecule has 0 fully saturated rings. The Hall–Kier alpha value is -4.34. The van der Waals surface area contributed by atoms with Crippen molar-refractivity contribution in [1.29, 1.82) is 0 Å². The number of carbonyl (C=O) groups excluding carboxylic acids is 1. The zero-order valence-corrected chi connectivity index (χ0v) is 29.5. The van der Waals surface area contributed by atoms with Gasteiger partial charge in [-0.1, -0.05) is 29.3 Å². The molecule has 250 valence electrons. The van der Waals surface area contributed by atoms with Gasteiger partial charge in [-0.2, -0.15) is 5.10 Å². The van der Waals surface area contributed by atoms with Gasteiger partial charge in [-0.3, -0.25) is 14.5 Å². The van der Waals surface area contributed by atoms with Crippen LogP contribution >= 0.6 is 23.2 Å². The van der Waals surface area contributed by atoms with Crippen molar-refractivity contribution in [3.63, 3.8) is 0 Å².